The molecule has 1 amide bonds. The molecule has 1 fully saturated rings. The van der Waals surface area contributed by atoms with E-state index in [0.717, 1.165) is 6.54 Å². The van der Waals surface area contributed by atoms with Gasteiger partial charge in [-0.2, -0.15) is 0 Å². The molecule has 0 saturated carbocycles. The van der Waals surface area contributed by atoms with Crippen molar-refractivity contribution < 1.29 is 9.90 Å². The summed E-state index contributed by atoms with van der Waals surface area (Å²) in [6.45, 7) is 5.54. The lowest BCUT2D eigenvalue weighted by Crippen LogP contribution is -2.45. The molecule has 1 aliphatic heterocycles. The molecule has 0 bridgehead atoms. The Morgan fingerprint density at radius 2 is 2.15 bits per heavy atom. The highest BCUT2D eigenvalue weighted by atomic mass is 35.5. The number of anilines is 1. The number of aromatic nitrogens is 1. The number of nitrogens with one attached hydrogen (secondary N) is 1. The summed E-state index contributed by atoms with van der Waals surface area (Å²) < 4.78 is 0. The highest BCUT2D eigenvalue weighted by molar-refractivity contribution is 6.33. The minimum Gasteiger partial charge on any atom is -0.390 e. The van der Waals surface area contributed by atoms with Crippen molar-refractivity contribution in [1.29, 1.82) is 0 Å². The minimum absolute atomic E-state index is 0.176. The summed E-state index contributed by atoms with van der Waals surface area (Å²) >= 11 is 6.08. The maximum Gasteiger partial charge on any atom is 0.274 e. The average molecular weight is 298 g/mol. The summed E-state index contributed by atoms with van der Waals surface area (Å²) in [5.74, 6) is 0.467. The first kappa shape index (κ1) is 15.1. The SMILES string of the molecule is CCNc1ccc(Cl)c(C(=O)N2CCC(C)(O)CC2)n1. The third kappa shape index (κ3) is 3.41. The van der Waals surface area contributed by atoms with Crippen LogP contribution < -0.4 is 5.32 Å². The van der Waals surface area contributed by atoms with E-state index in [1.54, 1.807) is 24.0 Å². The second-order valence-electron chi connectivity index (χ2n) is 5.35. The van der Waals surface area contributed by atoms with Crippen molar-refractivity contribution in [3.05, 3.63) is 22.8 Å². The van der Waals surface area contributed by atoms with Crippen LogP contribution in [-0.4, -0.2) is 46.1 Å². The predicted molar refractivity (Wildman–Crippen MR) is 79.2 cm³/mol. The van der Waals surface area contributed by atoms with E-state index in [2.05, 4.69) is 10.3 Å². The highest BCUT2D eigenvalue weighted by Gasteiger charge is 2.31. The number of halogens is 1. The van der Waals surface area contributed by atoms with Crippen LogP contribution >= 0.6 is 11.6 Å². The first-order chi connectivity index (χ1) is 9.43. The maximum atomic E-state index is 12.5. The Morgan fingerprint density at radius 3 is 2.75 bits per heavy atom. The number of amides is 1. The van der Waals surface area contributed by atoms with E-state index in [-0.39, 0.29) is 11.6 Å². The van der Waals surface area contributed by atoms with Gasteiger partial charge in [0.25, 0.3) is 5.91 Å². The number of hydrogen-bond donors (Lipinski definition) is 2. The van der Waals surface area contributed by atoms with Gasteiger partial charge < -0.3 is 15.3 Å². The molecule has 0 aromatic carbocycles. The molecule has 2 N–H and O–H groups in total. The molecule has 6 heteroatoms. The highest BCUT2D eigenvalue weighted by Crippen LogP contribution is 2.24. The molecule has 0 spiro atoms. The fourth-order valence-electron chi connectivity index (χ4n) is 2.21. The van der Waals surface area contributed by atoms with E-state index >= 15 is 0 Å². The predicted octanol–water partition coefficient (Wildman–Crippen LogP) is 2.15. The summed E-state index contributed by atoms with van der Waals surface area (Å²) in [7, 11) is 0. The van der Waals surface area contributed by atoms with Gasteiger partial charge in [-0.05, 0) is 38.8 Å². The molecule has 0 atom stereocenters. The molecule has 2 heterocycles. The van der Waals surface area contributed by atoms with Crippen LogP contribution in [0.5, 0.6) is 0 Å². The van der Waals surface area contributed by atoms with E-state index in [4.69, 9.17) is 11.6 Å². The van der Waals surface area contributed by atoms with Crippen molar-refractivity contribution in [2.75, 3.05) is 25.0 Å². The van der Waals surface area contributed by atoms with E-state index in [9.17, 15) is 9.90 Å². The second-order valence-corrected chi connectivity index (χ2v) is 5.75. The molecule has 1 aromatic heterocycles. The molecular formula is C14H20ClN3O2. The van der Waals surface area contributed by atoms with Crippen LogP contribution in [0, 0.1) is 0 Å². The molecule has 1 aromatic rings. The maximum absolute atomic E-state index is 12.5. The molecule has 110 valence electrons. The number of carbonyl (C=O) groups is 1. The quantitative estimate of drug-likeness (QED) is 0.897. The average Bonchev–Trinajstić information content (AvgIpc) is 2.40. The van der Waals surface area contributed by atoms with Gasteiger partial charge in [-0.15, -0.1) is 0 Å². The van der Waals surface area contributed by atoms with Crippen LogP contribution in [0.4, 0.5) is 5.82 Å². The Morgan fingerprint density at radius 1 is 1.50 bits per heavy atom. The Hall–Kier alpha value is -1.33. The van der Waals surface area contributed by atoms with Gasteiger partial charge in [0.15, 0.2) is 0 Å². The van der Waals surface area contributed by atoms with Gasteiger partial charge in [-0.25, -0.2) is 4.98 Å². The smallest absolute Gasteiger partial charge is 0.274 e. The number of pyridine rings is 1. The summed E-state index contributed by atoms with van der Waals surface area (Å²) in [4.78, 5) is 18.4. The molecule has 20 heavy (non-hydrogen) atoms. The minimum atomic E-state index is -0.681. The molecule has 5 nitrogen and oxygen atoms in total. The van der Waals surface area contributed by atoms with Gasteiger partial charge in [0.05, 0.1) is 10.6 Å². The summed E-state index contributed by atoms with van der Waals surface area (Å²) in [5.41, 5.74) is -0.411. The lowest BCUT2D eigenvalue weighted by Gasteiger charge is -2.35. The van der Waals surface area contributed by atoms with Crippen molar-refractivity contribution in [3.8, 4) is 0 Å². The van der Waals surface area contributed by atoms with Crippen molar-refractivity contribution in [2.45, 2.75) is 32.3 Å². The third-order valence-corrected chi connectivity index (χ3v) is 3.84. The van der Waals surface area contributed by atoms with E-state index in [1.165, 1.54) is 0 Å². The Kier molecular flexibility index (Phi) is 4.50. The topological polar surface area (TPSA) is 65.5 Å². The Balaban J connectivity index is 2.15. The van der Waals surface area contributed by atoms with E-state index in [0.29, 0.717) is 36.8 Å². The first-order valence-corrected chi connectivity index (χ1v) is 7.23. The van der Waals surface area contributed by atoms with Crippen LogP contribution in [0.3, 0.4) is 0 Å². The molecule has 0 radical (unpaired) electrons. The number of hydrogen-bond acceptors (Lipinski definition) is 4. The van der Waals surface area contributed by atoms with Gasteiger partial charge in [0.2, 0.25) is 0 Å². The number of likely N-dealkylation sites (tertiary alicyclic amines) is 1. The van der Waals surface area contributed by atoms with Crippen LogP contribution in [0.15, 0.2) is 12.1 Å². The zero-order valence-electron chi connectivity index (χ0n) is 11.8. The third-order valence-electron chi connectivity index (χ3n) is 3.53. The zero-order valence-corrected chi connectivity index (χ0v) is 12.6. The Bertz CT molecular complexity index is 495. The first-order valence-electron chi connectivity index (χ1n) is 6.85. The van der Waals surface area contributed by atoms with Gasteiger partial charge in [-0.3, -0.25) is 4.79 Å². The van der Waals surface area contributed by atoms with Crippen LogP contribution in [0.2, 0.25) is 5.02 Å². The van der Waals surface area contributed by atoms with Gasteiger partial charge in [-0.1, -0.05) is 11.6 Å². The van der Waals surface area contributed by atoms with Gasteiger partial charge >= 0.3 is 0 Å². The lowest BCUT2D eigenvalue weighted by atomic mass is 9.94. The van der Waals surface area contributed by atoms with Crippen molar-refractivity contribution in [2.24, 2.45) is 0 Å². The van der Waals surface area contributed by atoms with Crippen LogP contribution in [0.1, 0.15) is 37.2 Å². The Labute approximate surface area is 123 Å². The molecular weight excluding hydrogens is 278 g/mol. The number of piperidine rings is 1. The fourth-order valence-corrected chi connectivity index (χ4v) is 2.40. The molecule has 1 saturated heterocycles. The number of nitrogens with zero attached hydrogens (tertiary/aromatic N) is 2. The van der Waals surface area contributed by atoms with Gasteiger partial charge in [0, 0.05) is 19.6 Å². The van der Waals surface area contributed by atoms with Gasteiger partial charge in [0.1, 0.15) is 11.5 Å². The van der Waals surface area contributed by atoms with E-state index in [1.807, 2.05) is 6.92 Å². The van der Waals surface area contributed by atoms with Crippen LogP contribution in [0.25, 0.3) is 0 Å². The largest absolute Gasteiger partial charge is 0.390 e. The fraction of sp³-hybridized carbons (Fsp3) is 0.571. The van der Waals surface area contributed by atoms with Crippen molar-refractivity contribution >= 4 is 23.3 Å². The molecule has 2 rings (SSSR count). The molecule has 0 unspecified atom stereocenters. The van der Waals surface area contributed by atoms with E-state index < -0.39 is 5.60 Å². The van der Waals surface area contributed by atoms with Crippen molar-refractivity contribution in [3.63, 3.8) is 0 Å². The number of rotatable bonds is 3. The molecule has 1 aliphatic rings. The van der Waals surface area contributed by atoms with Crippen molar-refractivity contribution in [1.82, 2.24) is 9.88 Å². The summed E-state index contributed by atoms with van der Waals surface area (Å²) in [5, 5.41) is 13.3. The lowest BCUT2D eigenvalue weighted by molar-refractivity contribution is -0.00218. The standard InChI is InChI=1S/C14H20ClN3O2/c1-3-16-11-5-4-10(15)12(17-11)13(19)18-8-6-14(2,20)7-9-18/h4-5,20H,3,6-9H2,1-2H3,(H,16,17). The summed E-state index contributed by atoms with van der Waals surface area (Å²) in [6, 6.07) is 3.43. The monoisotopic (exact) mass is 297 g/mol. The normalized spacial score (nSPS) is 17.9. The summed E-state index contributed by atoms with van der Waals surface area (Å²) in [6.07, 6.45) is 1.15. The molecule has 0 aliphatic carbocycles. The van der Waals surface area contributed by atoms with Crippen LogP contribution in [-0.2, 0) is 0 Å². The number of carbonyl (C=O) groups excluding carboxylic acids is 1. The number of aliphatic hydroxyl groups is 1. The second kappa shape index (κ2) is 5.97. The zero-order chi connectivity index (χ0) is 14.8.